The normalized spacial score (nSPS) is 11.4. The molecule has 0 aliphatic heterocycles. The molecule has 0 spiro atoms. The van der Waals surface area contributed by atoms with E-state index in [9.17, 15) is 0 Å². The maximum absolute atomic E-state index is 5.62. The molecular weight excluding hydrogens is 176 g/mol. The molecule has 2 aromatic rings. The first-order chi connectivity index (χ1) is 6.72. The number of rotatable bonds is 2. The molecule has 0 bridgehead atoms. The molecule has 1 aromatic heterocycles. The van der Waals surface area contributed by atoms with Gasteiger partial charge in [0.2, 0.25) is 0 Å². The maximum Gasteiger partial charge on any atom is 0.117 e. The van der Waals surface area contributed by atoms with Crippen molar-refractivity contribution in [1.29, 1.82) is 0 Å². The Bertz CT molecular complexity index is 444. The molecule has 0 saturated carbocycles. The molecule has 0 aliphatic rings. The van der Waals surface area contributed by atoms with Gasteiger partial charge in [0.05, 0.1) is 6.04 Å². The van der Waals surface area contributed by atoms with Crippen molar-refractivity contribution in [2.45, 2.75) is 26.4 Å². The topological polar surface area (TPSA) is 56.7 Å². The Balaban J connectivity index is 2.64. The van der Waals surface area contributed by atoms with Crippen LogP contribution in [0, 0.1) is 0 Å². The van der Waals surface area contributed by atoms with Crippen LogP contribution in [0.25, 0.3) is 11.0 Å². The van der Waals surface area contributed by atoms with E-state index in [0.29, 0.717) is 6.54 Å². The third-order valence-corrected chi connectivity index (χ3v) is 2.19. The highest BCUT2D eigenvalue weighted by molar-refractivity contribution is 5.77. The van der Waals surface area contributed by atoms with Crippen LogP contribution in [-0.4, -0.2) is 15.0 Å². The van der Waals surface area contributed by atoms with Gasteiger partial charge in [0.1, 0.15) is 11.0 Å². The Labute approximate surface area is 82.7 Å². The number of nitrogens with zero attached hydrogens (tertiary/aromatic N) is 3. The highest BCUT2D eigenvalue weighted by atomic mass is 15.5. The summed E-state index contributed by atoms with van der Waals surface area (Å²) in [4.78, 5) is 1.73. The van der Waals surface area contributed by atoms with E-state index in [0.717, 1.165) is 16.6 Å². The molecule has 0 amide bonds. The summed E-state index contributed by atoms with van der Waals surface area (Å²) >= 11 is 0. The predicted molar refractivity (Wildman–Crippen MR) is 55.8 cm³/mol. The van der Waals surface area contributed by atoms with E-state index in [4.69, 9.17) is 5.73 Å². The molecule has 0 fully saturated rings. The Morgan fingerprint density at radius 1 is 1.36 bits per heavy atom. The minimum atomic E-state index is 0.285. The first-order valence-electron chi connectivity index (χ1n) is 4.77. The Morgan fingerprint density at radius 3 is 2.79 bits per heavy atom. The Hall–Kier alpha value is -1.42. The van der Waals surface area contributed by atoms with E-state index in [-0.39, 0.29) is 6.04 Å². The van der Waals surface area contributed by atoms with E-state index < -0.39 is 0 Å². The van der Waals surface area contributed by atoms with Crippen molar-refractivity contribution < 1.29 is 0 Å². The van der Waals surface area contributed by atoms with Crippen molar-refractivity contribution in [3.63, 3.8) is 0 Å². The molecule has 4 nitrogen and oxygen atoms in total. The predicted octanol–water partition coefficient (Wildman–Crippen LogP) is 1.47. The first-order valence-corrected chi connectivity index (χ1v) is 4.77. The molecule has 0 atom stereocenters. The lowest BCUT2D eigenvalue weighted by Crippen LogP contribution is -2.04. The average molecular weight is 190 g/mol. The third kappa shape index (κ3) is 1.37. The molecule has 0 aliphatic carbocycles. The summed E-state index contributed by atoms with van der Waals surface area (Å²) in [6.45, 7) is 4.62. The maximum atomic E-state index is 5.62. The van der Waals surface area contributed by atoms with E-state index in [1.54, 1.807) is 4.80 Å². The largest absolute Gasteiger partial charge is 0.326 e. The number of fused-ring (bicyclic) bond motifs is 1. The highest BCUT2D eigenvalue weighted by Crippen LogP contribution is 2.15. The minimum absolute atomic E-state index is 0.285. The lowest BCUT2D eigenvalue weighted by Gasteiger charge is -2.00. The fourth-order valence-electron chi connectivity index (χ4n) is 1.40. The molecule has 14 heavy (non-hydrogen) atoms. The number of nitrogens with two attached hydrogens (primary N) is 1. The third-order valence-electron chi connectivity index (χ3n) is 2.19. The molecule has 2 N–H and O–H groups in total. The number of aromatic nitrogens is 3. The molecular formula is C10H14N4. The van der Waals surface area contributed by atoms with E-state index >= 15 is 0 Å². The number of hydrogen-bond acceptors (Lipinski definition) is 3. The Morgan fingerprint density at radius 2 is 2.14 bits per heavy atom. The van der Waals surface area contributed by atoms with Crippen molar-refractivity contribution in [3.8, 4) is 0 Å². The van der Waals surface area contributed by atoms with Gasteiger partial charge in [-0.15, -0.1) is 0 Å². The van der Waals surface area contributed by atoms with E-state index in [1.165, 1.54) is 0 Å². The van der Waals surface area contributed by atoms with Crippen LogP contribution in [-0.2, 0) is 6.54 Å². The van der Waals surface area contributed by atoms with Gasteiger partial charge in [0.25, 0.3) is 0 Å². The van der Waals surface area contributed by atoms with Crippen molar-refractivity contribution in [3.05, 3.63) is 23.8 Å². The van der Waals surface area contributed by atoms with Crippen molar-refractivity contribution in [1.82, 2.24) is 15.0 Å². The fourth-order valence-corrected chi connectivity index (χ4v) is 1.40. The standard InChI is InChI=1S/C10H14N4/c1-7(2)14-12-9-5-3-4-8(6-11)10(9)13-14/h3-5,7H,6,11H2,1-2H3. The van der Waals surface area contributed by atoms with Gasteiger partial charge in [-0.3, -0.25) is 0 Å². The smallest absolute Gasteiger partial charge is 0.117 e. The van der Waals surface area contributed by atoms with Crippen LogP contribution in [0.3, 0.4) is 0 Å². The van der Waals surface area contributed by atoms with Gasteiger partial charge >= 0.3 is 0 Å². The summed E-state index contributed by atoms with van der Waals surface area (Å²) in [6.07, 6.45) is 0. The monoisotopic (exact) mass is 190 g/mol. The highest BCUT2D eigenvalue weighted by Gasteiger charge is 2.07. The minimum Gasteiger partial charge on any atom is -0.326 e. The van der Waals surface area contributed by atoms with Gasteiger partial charge in [-0.05, 0) is 25.5 Å². The van der Waals surface area contributed by atoms with Gasteiger partial charge in [0.15, 0.2) is 0 Å². The van der Waals surface area contributed by atoms with Crippen LogP contribution in [0.15, 0.2) is 18.2 Å². The second kappa shape index (κ2) is 3.38. The zero-order valence-electron chi connectivity index (χ0n) is 8.44. The Kier molecular flexibility index (Phi) is 2.21. The second-order valence-electron chi connectivity index (χ2n) is 3.60. The molecule has 1 aromatic carbocycles. The molecule has 0 saturated heterocycles. The van der Waals surface area contributed by atoms with Crippen LogP contribution in [0.2, 0.25) is 0 Å². The lowest BCUT2D eigenvalue weighted by atomic mass is 10.2. The van der Waals surface area contributed by atoms with Gasteiger partial charge in [-0.2, -0.15) is 15.0 Å². The van der Waals surface area contributed by atoms with Crippen LogP contribution in [0.4, 0.5) is 0 Å². The molecule has 4 heteroatoms. The number of benzene rings is 1. The van der Waals surface area contributed by atoms with E-state index in [2.05, 4.69) is 24.0 Å². The summed E-state index contributed by atoms with van der Waals surface area (Å²) in [5.74, 6) is 0. The lowest BCUT2D eigenvalue weighted by molar-refractivity contribution is 0.472. The first kappa shape index (κ1) is 9.15. The zero-order valence-corrected chi connectivity index (χ0v) is 8.44. The fraction of sp³-hybridized carbons (Fsp3) is 0.400. The van der Waals surface area contributed by atoms with Crippen LogP contribution < -0.4 is 5.73 Å². The SMILES string of the molecule is CC(C)n1nc2cccc(CN)c2n1. The summed E-state index contributed by atoms with van der Waals surface area (Å²) in [5.41, 5.74) is 8.51. The molecule has 74 valence electrons. The quantitative estimate of drug-likeness (QED) is 0.780. The van der Waals surface area contributed by atoms with Crippen LogP contribution in [0.1, 0.15) is 25.5 Å². The number of hydrogen-bond donors (Lipinski definition) is 1. The van der Waals surface area contributed by atoms with Crippen molar-refractivity contribution >= 4 is 11.0 Å². The van der Waals surface area contributed by atoms with Crippen molar-refractivity contribution in [2.75, 3.05) is 0 Å². The summed E-state index contributed by atoms with van der Waals surface area (Å²) in [5, 5.41) is 8.78. The summed E-state index contributed by atoms with van der Waals surface area (Å²) in [7, 11) is 0. The molecule has 0 radical (unpaired) electrons. The molecule has 1 heterocycles. The summed E-state index contributed by atoms with van der Waals surface area (Å²) in [6, 6.07) is 6.19. The van der Waals surface area contributed by atoms with Gasteiger partial charge in [0, 0.05) is 6.54 Å². The zero-order chi connectivity index (χ0) is 10.1. The summed E-state index contributed by atoms with van der Waals surface area (Å²) < 4.78 is 0. The van der Waals surface area contributed by atoms with E-state index in [1.807, 2.05) is 18.2 Å². The van der Waals surface area contributed by atoms with Gasteiger partial charge in [-0.1, -0.05) is 12.1 Å². The second-order valence-corrected chi connectivity index (χ2v) is 3.60. The molecule has 2 rings (SSSR count). The molecule has 0 unspecified atom stereocenters. The van der Waals surface area contributed by atoms with Crippen molar-refractivity contribution in [2.24, 2.45) is 5.73 Å². The van der Waals surface area contributed by atoms with Gasteiger partial charge in [-0.25, -0.2) is 0 Å². The van der Waals surface area contributed by atoms with Gasteiger partial charge < -0.3 is 5.73 Å². The van der Waals surface area contributed by atoms with Crippen LogP contribution >= 0.6 is 0 Å². The average Bonchev–Trinajstić information content (AvgIpc) is 2.60. The van der Waals surface area contributed by atoms with Crippen LogP contribution in [0.5, 0.6) is 0 Å².